The summed E-state index contributed by atoms with van der Waals surface area (Å²) in [5.74, 6) is 0.852. The molecular weight excluding hydrogens is 328 g/mol. The normalized spacial score (nSPS) is 27.6. The maximum atomic E-state index is 12.9. The average molecular weight is 354 g/mol. The molecule has 5 nitrogen and oxygen atoms in total. The molecule has 0 amide bonds. The van der Waals surface area contributed by atoms with Gasteiger partial charge in [0.05, 0.1) is 11.1 Å². The summed E-state index contributed by atoms with van der Waals surface area (Å²) in [7, 11) is 0. The lowest BCUT2D eigenvalue weighted by atomic mass is 9.88. The Morgan fingerprint density at radius 3 is 2.88 bits per heavy atom. The molecule has 4 rings (SSSR count). The van der Waals surface area contributed by atoms with E-state index in [0.717, 1.165) is 30.2 Å². The molecule has 2 aliphatic rings. The van der Waals surface area contributed by atoms with Gasteiger partial charge in [-0.3, -0.25) is 10.1 Å². The molecule has 5 heteroatoms. The number of pyridine rings is 1. The van der Waals surface area contributed by atoms with Crippen molar-refractivity contribution in [2.75, 3.05) is 0 Å². The van der Waals surface area contributed by atoms with Crippen LogP contribution in [0.5, 0.6) is 0 Å². The van der Waals surface area contributed by atoms with E-state index in [1.165, 1.54) is 12.5 Å². The highest BCUT2D eigenvalue weighted by Gasteiger charge is 2.41. The monoisotopic (exact) mass is 354 g/mol. The molecule has 2 bridgehead atoms. The minimum Gasteiger partial charge on any atom is -0.443 e. The van der Waals surface area contributed by atoms with Crippen molar-refractivity contribution in [1.82, 2.24) is 9.88 Å². The lowest BCUT2D eigenvalue weighted by Crippen LogP contribution is -2.48. The van der Waals surface area contributed by atoms with Crippen molar-refractivity contribution in [3.63, 3.8) is 0 Å². The smallest absolute Gasteiger partial charge is 0.340 e. The second-order valence-electron chi connectivity index (χ2n) is 7.66. The fraction of sp³-hybridized carbons (Fsp3) is 0.524. The number of carbonyl (C=O) groups is 1. The van der Waals surface area contributed by atoms with Crippen LogP contribution in [0.2, 0.25) is 0 Å². The Bertz CT molecular complexity index is 874. The number of nitrogens with zero attached hydrogens (tertiary/aromatic N) is 1. The van der Waals surface area contributed by atoms with Crippen LogP contribution in [0, 0.1) is 11.8 Å². The number of esters is 1. The maximum absolute atomic E-state index is 12.9. The predicted octanol–water partition coefficient (Wildman–Crippen LogP) is 3.30. The Labute approximate surface area is 153 Å². The second kappa shape index (κ2) is 6.88. The highest BCUT2D eigenvalue weighted by molar-refractivity contribution is 6.03. The molecule has 1 aromatic heterocycles. The van der Waals surface area contributed by atoms with Crippen molar-refractivity contribution in [3.8, 4) is 0 Å². The summed E-state index contributed by atoms with van der Waals surface area (Å²) in [6.07, 6.45) is 3.81. The number of hydrogen-bond donors (Lipinski definition) is 1. The Kier molecular flexibility index (Phi) is 4.57. The molecule has 1 aromatic carbocycles. The fourth-order valence-electron chi connectivity index (χ4n) is 4.63. The molecule has 2 aromatic rings. The Morgan fingerprint density at radius 2 is 2.12 bits per heavy atom. The zero-order valence-corrected chi connectivity index (χ0v) is 15.4. The minimum absolute atomic E-state index is 0.150. The minimum atomic E-state index is -0.409. The topological polar surface area (TPSA) is 60.3 Å². The number of benzene rings is 1. The van der Waals surface area contributed by atoms with Crippen LogP contribution in [0.3, 0.4) is 0 Å². The van der Waals surface area contributed by atoms with Crippen molar-refractivity contribution in [1.29, 1.82) is 0 Å². The van der Waals surface area contributed by atoms with Gasteiger partial charge in [0, 0.05) is 30.5 Å². The number of rotatable bonds is 4. The first-order valence-corrected chi connectivity index (χ1v) is 9.68. The summed E-state index contributed by atoms with van der Waals surface area (Å²) in [4.78, 5) is 25.4. The molecule has 2 fully saturated rings. The van der Waals surface area contributed by atoms with E-state index < -0.39 is 5.97 Å². The SMILES string of the molecule is CCCn1c(=O)cc(C(=O)OC2CC3CCC(N2)C3C)c2ccccc21. The Balaban J connectivity index is 1.63. The van der Waals surface area contributed by atoms with Crippen LogP contribution in [-0.4, -0.2) is 22.8 Å². The maximum Gasteiger partial charge on any atom is 0.340 e. The number of piperidine rings is 1. The second-order valence-corrected chi connectivity index (χ2v) is 7.66. The molecule has 138 valence electrons. The number of aryl methyl sites for hydroxylation is 1. The standard InChI is InChI=1S/C21H26N2O3/c1-3-10-23-18-7-5-4-6-15(18)16(12-20(23)24)21(25)26-19-11-14-8-9-17(22-19)13(14)2/h4-7,12-14,17,19,22H,3,8-11H2,1-2H3. The first kappa shape index (κ1) is 17.3. The van der Waals surface area contributed by atoms with Crippen LogP contribution in [0.4, 0.5) is 0 Å². The lowest BCUT2D eigenvalue weighted by molar-refractivity contribution is -0.00250. The van der Waals surface area contributed by atoms with Crippen LogP contribution in [0.15, 0.2) is 35.1 Å². The van der Waals surface area contributed by atoms with Gasteiger partial charge in [-0.2, -0.15) is 0 Å². The van der Waals surface area contributed by atoms with Gasteiger partial charge >= 0.3 is 5.97 Å². The lowest BCUT2D eigenvalue weighted by Gasteiger charge is -2.34. The average Bonchev–Trinajstić information content (AvgIpc) is 2.84. The van der Waals surface area contributed by atoms with Gasteiger partial charge in [0.2, 0.25) is 0 Å². The summed E-state index contributed by atoms with van der Waals surface area (Å²) >= 11 is 0. The van der Waals surface area contributed by atoms with Crippen molar-refractivity contribution in [2.45, 2.75) is 58.3 Å². The molecule has 1 saturated carbocycles. The zero-order valence-electron chi connectivity index (χ0n) is 15.4. The van der Waals surface area contributed by atoms with E-state index in [-0.39, 0.29) is 11.8 Å². The molecular formula is C21H26N2O3. The third-order valence-corrected chi connectivity index (χ3v) is 6.08. The first-order chi connectivity index (χ1) is 12.6. The molecule has 4 unspecified atom stereocenters. The van der Waals surface area contributed by atoms with Gasteiger partial charge in [-0.1, -0.05) is 32.0 Å². The highest BCUT2D eigenvalue weighted by Crippen LogP contribution is 2.39. The van der Waals surface area contributed by atoms with Gasteiger partial charge in [-0.15, -0.1) is 0 Å². The number of ether oxygens (including phenoxy) is 1. The summed E-state index contributed by atoms with van der Waals surface area (Å²) in [6, 6.07) is 9.42. The van der Waals surface area contributed by atoms with Crippen LogP contribution < -0.4 is 10.9 Å². The molecule has 1 N–H and O–H groups in total. The molecule has 26 heavy (non-hydrogen) atoms. The molecule has 1 saturated heterocycles. The van der Waals surface area contributed by atoms with E-state index in [9.17, 15) is 9.59 Å². The van der Waals surface area contributed by atoms with Gasteiger partial charge in [0.1, 0.15) is 0 Å². The molecule has 2 heterocycles. The van der Waals surface area contributed by atoms with E-state index in [1.54, 1.807) is 4.57 Å². The van der Waals surface area contributed by atoms with Crippen molar-refractivity contribution < 1.29 is 9.53 Å². The van der Waals surface area contributed by atoms with Crippen molar-refractivity contribution in [3.05, 3.63) is 46.2 Å². The molecule has 0 spiro atoms. The van der Waals surface area contributed by atoms with E-state index in [1.807, 2.05) is 31.2 Å². The van der Waals surface area contributed by atoms with Crippen LogP contribution >= 0.6 is 0 Å². The van der Waals surface area contributed by atoms with Crippen LogP contribution in [0.25, 0.3) is 10.9 Å². The van der Waals surface area contributed by atoms with Gasteiger partial charge in [0.15, 0.2) is 6.23 Å². The highest BCUT2D eigenvalue weighted by atomic mass is 16.6. The molecule has 1 aliphatic carbocycles. The molecule has 0 radical (unpaired) electrons. The third kappa shape index (κ3) is 2.94. The number of aromatic nitrogens is 1. The first-order valence-electron chi connectivity index (χ1n) is 9.68. The summed E-state index contributed by atoms with van der Waals surface area (Å²) in [6.45, 7) is 4.95. The van der Waals surface area contributed by atoms with Gasteiger partial charge < -0.3 is 9.30 Å². The zero-order chi connectivity index (χ0) is 18.3. The summed E-state index contributed by atoms with van der Waals surface area (Å²) in [5, 5.41) is 4.24. The summed E-state index contributed by atoms with van der Waals surface area (Å²) in [5.41, 5.74) is 1.01. The largest absolute Gasteiger partial charge is 0.443 e. The summed E-state index contributed by atoms with van der Waals surface area (Å²) < 4.78 is 7.50. The van der Waals surface area contributed by atoms with E-state index in [2.05, 4.69) is 12.2 Å². The fourth-order valence-corrected chi connectivity index (χ4v) is 4.63. The predicted molar refractivity (Wildman–Crippen MR) is 101 cm³/mol. The van der Waals surface area contributed by atoms with Gasteiger partial charge in [-0.05, 0) is 37.2 Å². The van der Waals surface area contributed by atoms with E-state index in [0.29, 0.717) is 30.0 Å². The third-order valence-electron chi connectivity index (χ3n) is 6.08. The van der Waals surface area contributed by atoms with E-state index >= 15 is 0 Å². The molecule has 1 aliphatic heterocycles. The Hall–Kier alpha value is -2.14. The van der Waals surface area contributed by atoms with Gasteiger partial charge in [-0.25, -0.2) is 4.79 Å². The molecule has 4 atom stereocenters. The van der Waals surface area contributed by atoms with E-state index in [4.69, 9.17) is 4.74 Å². The Morgan fingerprint density at radius 1 is 1.31 bits per heavy atom. The quantitative estimate of drug-likeness (QED) is 0.856. The van der Waals surface area contributed by atoms with Crippen molar-refractivity contribution in [2.24, 2.45) is 11.8 Å². The number of carbonyl (C=O) groups excluding carboxylic acids is 1. The number of hydrogen-bond acceptors (Lipinski definition) is 4. The number of fused-ring (bicyclic) bond motifs is 3. The number of nitrogens with one attached hydrogen (secondary N) is 1. The van der Waals surface area contributed by atoms with Crippen molar-refractivity contribution >= 4 is 16.9 Å². The van der Waals surface area contributed by atoms with Gasteiger partial charge in [0.25, 0.3) is 5.56 Å². The van der Waals surface area contributed by atoms with Crippen LogP contribution in [0.1, 0.15) is 49.9 Å². The number of para-hydroxylation sites is 1. The van der Waals surface area contributed by atoms with Crippen LogP contribution in [-0.2, 0) is 11.3 Å².